The van der Waals surface area contributed by atoms with Crippen molar-refractivity contribution in [3.05, 3.63) is 82.0 Å². The third kappa shape index (κ3) is 4.42. The van der Waals surface area contributed by atoms with E-state index in [4.69, 9.17) is 0 Å². The van der Waals surface area contributed by atoms with Crippen LogP contribution in [0.1, 0.15) is 38.3 Å². The van der Waals surface area contributed by atoms with Crippen LogP contribution in [0.3, 0.4) is 0 Å². The third-order valence-corrected chi connectivity index (χ3v) is 4.45. The minimum absolute atomic E-state index is 0.176. The molecule has 4 nitrogen and oxygen atoms in total. The summed E-state index contributed by atoms with van der Waals surface area (Å²) in [6.07, 6.45) is -4.39. The Kier molecular flexibility index (Phi) is 5.27. The number of nitrogens with one attached hydrogen (secondary N) is 1. The second kappa shape index (κ2) is 7.50. The van der Waals surface area contributed by atoms with E-state index in [1.54, 1.807) is 29.8 Å². The Morgan fingerprint density at radius 2 is 1.82 bits per heavy atom. The van der Waals surface area contributed by atoms with Gasteiger partial charge in [0, 0.05) is 17.3 Å². The number of hydrogen-bond donors (Lipinski definition) is 1. The summed E-state index contributed by atoms with van der Waals surface area (Å²) in [6.45, 7) is 5.72. The Morgan fingerprint density at radius 1 is 1.07 bits per heavy atom. The molecule has 2 aromatic carbocycles. The van der Waals surface area contributed by atoms with Crippen molar-refractivity contribution in [2.24, 2.45) is 0 Å². The minimum atomic E-state index is -4.39. The molecule has 0 bridgehead atoms. The zero-order valence-electron chi connectivity index (χ0n) is 15.8. The van der Waals surface area contributed by atoms with Crippen LogP contribution in [0.2, 0.25) is 0 Å². The van der Waals surface area contributed by atoms with Crippen LogP contribution in [0.5, 0.6) is 0 Å². The lowest BCUT2D eigenvalue weighted by atomic mass is 10.1. The highest BCUT2D eigenvalue weighted by Crippen LogP contribution is 2.29. The monoisotopic (exact) mass is 387 g/mol. The van der Waals surface area contributed by atoms with Gasteiger partial charge in [-0.05, 0) is 50.1 Å². The molecule has 0 aliphatic heterocycles. The summed E-state index contributed by atoms with van der Waals surface area (Å²) in [6, 6.07) is 12.4. The average Bonchev–Trinajstić information content (AvgIpc) is 2.95. The first-order valence-corrected chi connectivity index (χ1v) is 8.72. The number of rotatable bonds is 4. The molecule has 0 radical (unpaired) electrons. The average molecular weight is 387 g/mol. The molecular formula is C21H20F3N3O. The van der Waals surface area contributed by atoms with Crippen LogP contribution < -0.4 is 5.32 Å². The van der Waals surface area contributed by atoms with Gasteiger partial charge in [-0.1, -0.05) is 29.8 Å². The van der Waals surface area contributed by atoms with E-state index in [0.29, 0.717) is 16.9 Å². The van der Waals surface area contributed by atoms with Crippen LogP contribution in [0.4, 0.5) is 19.0 Å². The predicted octanol–water partition coefficient (Wildman–Crippen LogP) is 5.13. The van der Waals surface area contributed by atoms with E-state index in [1.165, 1.54) is 6.07 Å². The number of hydrogen-bond acceptors (Lipinski definition) is 2. The molecule has 0 aliphatic carbocycles. The summed E-state index contributed by atoms with van der Waals surface area (Å²) in [5, 5.41) is 7.08. The van der Waals surface area contributed by atoms with Crippen LogP contribution >= 0.6 is 0 Å². The molecule has 0 unspecified atom stereocenters. The lowest BCUT2D eigenvalue weighted by Gasteiger charge is -2.10. The highest BCUT2D eigenvalue weighted by Gasteiger charge is 2.30. The van der Waals surface area contributed by atoms with E-state index < -0.39 is 11.7 Å². The molecule has 146 valence electrons. The standard InChI is InChI=1S/C21H20F3N3O/c1-13-7-8-14(2)18(9-13)20(28)25-19-10-15(3)27(26-19)12-16-5-4-6-17(11-16)21(22,23)24/h4-11H,12H2,1-3H3,(H,25,26,28). The van der Waals surface area contributed by atoms with Gasteiger partial charge < -0.3 is 5.32 Å². The smallest absolute Gasteiger partial charge is 0.305 e. The molecule has 0 aliphatic rings. The van der Waals surface area contributed by atoms with Crippen LogP contribution in [0, 0.1) is 20.8 Å². The summed E-state index contributed by atoms with van der Waals surface area (Å²) >= 11 is 0. The number of alkyl halides is 3. The molecule has 0 saturated heterocycles. The van der Waals surface area contributed by atoms with Crippen LogP contribution in [-0.4, -0.2) is 15.7 Å². The number of amides is 1. The van der Waals surface area contributed by atoms with Gasteiger partial charge in [0.2, 0.25) is 0 Å². The fraction of sp³-hybridized carbons (Fsp3) is 0.238. The summed E-state index contributed by atoms with van der Waals surface area (Å²) in [7, 11) is 0. The van der Waals surface area contributed by atoms with Crippen molar-refractivity contribution < 1.29 is 18.0 Å². The predicted molar refractivity (Wildman–Crippen MR) is 101 cm³/mol. The molecule has 1 heterocycles. The number of aromatic nitrogens is 2. The molecule has 1 N–H and O–H groups in total. The van der Waals surface area contributed by atoms with E-state index in [2.05, 4.69) is 10.4 Å². The second-order valence-electron chi connectivity index (χ2n) is 6.80. The number of nitrogens with zero attached hydrogens (tertiary/aromatic N) is 2. The first-order chi connectivity index (χ1) is 13.1. The van der Waals surface area contributed by atoms with Crippen molar-refractivity contribution in [3.8, 4) is 0 Å². The summed E-state index contributed by atoms with van der Waals surface area (Å²) in [5.41, 5.74) is 2.90. The summed E-state index contributed by atoms with van der Waals surface area (Å²) in [4.78, 5) is 12.5. The number of aryl methyl sites for hydroxylation is 3. The van der Waals surface area contributed by atoms with Gasteiger partial charge in [0.1, 0.15) is 0 Å². The fourth-order valence-corrected chi connectivity index (χ4v) is 2.91. The molecule has 28 heavy (non-hydrogen) atoms. The zero-order chi connectivity index (χ0) is 20.5. The topological polar surface area (TPSA) is 46.9 Å². The Labute approximate surface area is 161 Å². The number of benzene rings is 2. The summed E-state index contributed by atoms with van der Waals surface area (Å²) < 4.78 is 40.2. The summed E-state index contributed by atoms with van der Waals surface area (Å²) in [5.74, 6) is 0.0836. The maximum Gasteiger partial charge on any atom is 0.416 e. The molecule has 1 aromatic heterocycles. The van der Waals surface area contributed by atoms with Crippen LogP contribution in [-0.2, 0) is 12.7 Å². The largest absolute Gasteiger partial charge is 0.416 e. The third-order valence-electron chi connectivity index (χ3n) is 4.45. The van der Waals surface area contributed by atoms with E-state index in [9.17, 15) is 18.0 Å². The molecule has 3 rings (SSSR count). The van der Waals surface area contributed by atoms with Gasteiger partial charge in [-0.25, -0.2) is 0 Å². The quantitative estimate of drug-likeness (QED) is 0.675. The Bertz CT molecular complexity index is 1020. The van der Waals surface area contributed by atoms with E-state index in [1.807, 2.05) is 26.0 Å². The second-order valence-corrected chi connectivity index (χ2v) is 6.80. The molecular weight excluding hydrogens is 367 g/mol. The Balaban J connectivity index is 1.78. The van der Waals surface area contributed by atoms with Gasteiger partial charge in [-0.2, -0.15) is 18.3 Å². The maximum atomic E-state index is 12.9. The molecule has 3 aromatic rings. The first-order valence-electron chi connectivity index (χ1n) is 8.72. The molecule has 0 saturated carbocycles. The van der Waals surface area contributed by atoms with Gasteiger partial charge in [0.15, 0.2) is 5.82 Å². The number of carbonyl (C=O) groups is 1. The highest BCUT2D eigenvalue weighted by atomic mass is 19.4. The lowest BCUT2D eigenvalue weighted by molar-refractivity contribution is -0.137. The fourth-order valence-electron chi connectivity index (χ4n) is 2.91. The van der Waals surface area contributed by atoms with Crippen molar-refractivity contribution in [2.75, 3.05) is 5.32 Å². The van der Waals surface area contributed by atoms with Crippen molar-refractivity contribution in [2.45, 2.75) is 33.5 Å². The Hall–Kier alpha value is -3.09. The zero-order valence-corrected chi connectivity index (χ0v) is 15.8. The SMILES string of the molecule is Cc1ccc(C)c(C(=O)Nc2cc(C)n(Cc3cccc(C(F)(F)F)c3)n2)c1. The lowest BCUT2D eigenvalue weighted by Crippen LogP contribution is -2.14. The van der Waals surface area contributed by atoms with E-state index in [0.717, 1.165) is 29.0 Å². The Morgan fingerprint density at radius 3 is 2.54 bits per heavy atom. The molecule has 0 fully saturated rings. The van der Waals surface area contributed by atoms with Gasteiger partial charge in [-0.15, -0.1) is 0 Å². The first kappa shape index (κ1) is 19.7. The number of halogens is 3. The molecule has 0 spiro atoms. The maximum absolute atomic E-state index is 12.9. The molecule has 1 amide bonds. The van der Waals surface area contributed by atoms with Crippen LogP contribution in [0.15, 0.2) is 48.5 Å². The molecule has 7 heteroatoms. The van der Waals surface area contributed by atoms with Gasteiger partial charge in [-0.3, -0.25) is 9.48 Å². The highest BCUT2D eigenvalue weighted by molar-refractivity contribution is 6.04. The van der Waals surface area contributed by atoms with Crippen molar-refractivity contribution in [1.82, 2.24) is 9.78 Å². The number of carbonyl (C=O) groups excluding carboxylic acids is 1. The van der Waals surface area contributed by atoms with Crippen molar-refractivity contribution >= 4 is 11.7 Å². The van der Waals surface area contributed by atoms with Crippen molar-refractivity contribution in [1.29, 1.82) is 0 Å². The molecule has 0 atom stereocenters. The van der Waals surface area contributed by atoms with E-state index >= 15 is 0 Å². The van der Waals surface area contributed by atoms with Crippen molar-refractivity contribution in [3.63, 3.8) is 0 Å². The normalized spacial score (nSPS) is 11.5. The van der Waals surface area contributed by atoms with E-state index in [-0.39, 0.29) is 12.5 Å². The van der Waals surface area contributed by atoms with Gasteiger partial charge in [0.05, 0.1) is 12.1 Å². The van der Waals surface area contributed by atoms with Gasteiger partial charge in [0.25, 0.3) is 5.91 Å². The number of anilines is 1. The van der Waals surface area contributed by atoms with Crippen LogP contribution in [0.25, 0.3) is 0 Å². The van der Waals surface area contributed by atoms with Gasteiger partial charge >= 0.3 is 6.18 Å². The minimum Gasteiger partial charge on any atom is -0.305 e.